The molecule has 0 aromatic rings. The monoisotopic (exact) mass is 315 g/mol. The Morgan fingerprint density at radius 3 is 2.10 bits per heavy atom. The molecule has 1 aliphatic heterocycles. The van der Waals surface area contributed by atoms with Crippen molar-refractivity contribution in [2.45, 2.75) is 52.4 Å². The third-order valence-electron chi connectivity index (χ3n) is 6.04. The van der Waals surface area contributed by atoms with E-state index in [1.807, 2.05) is 6.92 Å². The van der Waals surface area contributed by atoms with E-state index in [4.69, 9.17) is 4.28 Å². The van der Waals surface area contributed by atoms with Crippen molar-refractivity contribution in [3.63, 3.8) is 0 Å². The van der Waals surface area contributed by atoms with Crippen molar-refractivity contribution in [3.8, 4) is 0 Å². The van der Waals surface area contributed by atoms with Gasteiger partial charge in [-0.25, -0.2) is 0 Å². The fraction of sp³-hybridized carbons (Fsp3) is 0.857. The number of fused-ring (bicyclic) bond motifs is 2. The van der Waals surface area contributed by atoms with Crippen LogP contribution in [0.25, 0.3) is 0 Å². The minimum absolute atomic E-state index is 0.00707. The van der Waals surface area contributed by atoms with Crippen LogP contribution >= 0.6 is 0 Å². The van der Waals surface area contributed by atoms with Crippen molar-refractivity contribution in [3.05, 3.63) is 0 Å². The molecule has 1 unspecified atom stereocenters. The normalized spacial score (nSPS) is 39.5. The van der Waals surface area contributed by atoms with Crippen LogP contribution in [0.4, 0.5) is 0 Å². The van der Waals surface area contributed by atoms with E-state index in [1.54, 1.807) is 0 Å². The fourth-order valence-corrected chi connectivity index (χ4v) is 6.16. The van der Waals surface area contributed by atoms with E-state index in [0.717, 1.165) is 25.7 Å². The number of hydrogen-bond acceptors (Lipinski definition) is 5. The van der Waals surface area contributed by atoms with Crippen molar-refractivity contribution >= 4 is 21.9 Å². The van der Waals surface area contributed by atoms with Gasteiger partial charge in [-0.1, -0.05) is 13.8 Å². The molecule has 118 valence electrons. The van der Waals surface area contributed by atoms with Crippen molar-refractivity contribution in [1.82, 2.24) is 5.06 Å². The van der Waals surface area contributed by atoms with Crippen LogP contribution < -0.4 is 0 Å². The van der Waals surface area contributed by atoms with Crippen LogP contribution in [0.5, 0.6) is 0 Å². The first-order valence-corrected chi connectivity index (χ1v) is 9.03. The quantitative estimate of drug-likeness (QED) is 0.736. The number of hydroxylamine groups is 2. The topological polar surface area (TPSA) is 80.8 Å². The SMILES string of the molecule is CC12CCC(CC1)C2(C)CS(=O)(=O)ON1C(=O)CCC1=O. The van der Waals surface area contributed by atoms with Gasteiger partial charge in [-0.3, -0.25) is 9.59 Å². The van der Waals surface area contributed by atoms with Gasteiger partial charge in [0.1, 0.15) is 0 Å². The number of hydrogen-bond donors (Lipinski definition) is 0. The maximum atomic E-state index is 12.3. The summed E-state index contributed by atoms with van der Waals surface area (Å²) in [5.74, 6) is -0.896. The second kappa shape index (κ2) is 4.52. The second-order valence-corrected chi connectivity index (χ2v) is 8.66. The smallest absolute Gasteiger partial charge is 0.272 e. The molecule has 2 amide bonds. The molecule has 0 radical (unpaired) electrons. The van der Waals surface area contributed by atoms with Gasteiger partial charge in [-0.2, -0.15) is 8.42 Å². The summed E-state index contributed by atoms with van der Waals surface area (Å²) in [5.41, 5.74) is -0.329. The molecular weight excluding hydrogens is 294 g/mol. The summed E-state index contributed by atoms with van der Waals surface area (Å²) in [6.07, 6.45) is 4.20. The Balaban J connectivity index is 1.78. The van der Waals surface area contributed by atoms with Gasteiger partial charge in [0, 0.05) is 12.8 Å². The molecule has 6 nitrogen and oxygen atoms in total. The molecule has 3 fully saturated rings. The molecule has 0 spiro atoms. The molecule has 7 heteroatoms. The summed E-state index contributed by atoms with van der Waals surface area (Å²) in [5, 5.41) is 0.428. The van der Waals surface area contributed by atoms with Crippen LogP contribution in [-0.2, 0) is 24.0 Å². The lowest BCUT2D eigenvalue weighted by Gasteiger charge is -2.37. The molecule has 2 saturated carbocycles. The van der Waals surface area contributed by atoms with Crippen molar-refractivity contribution in [2.24, 2.45) is 16.7 Å². The number of rotatable bonds is 4. The van der Waals surface area contributed by atoms with Gasteiger partial charge in [-0.15, -0.1) is 9.35 Å². The van der Waals surface area contributed by atoms with E-state index in [0.29, 0.717) is 11.0 Å². The van der Waals surface area contributed by atoms with Gasteiger partial charge in [-0.05, 0) is 42.4 Å². The van der Waals surface area contributed by atoms with Crippen molar-refractivity contribution in [2.75, 3.05) is 5.75 Å². The minimum Gasteiger partial charge on any atom is -0.272 e. The predicted octanol–water partition coefficient (Wildman–Crippen LogP) is 1.61. The van der Waals surface area contributed by atoms with Crippen LogP contribution in [0.2, 0.25) is 0 Å². The lowest BCUT2D eigenvalue weighted by atomic mass is 9.71. The van der Waals surface area contributed by atoms with Crippen molar-refractivity contribution in [1.29, 1.82) is 0 Å². The van der Waals surface area contributed by atoms with Crippen LogP contribution in [0.1, 0.15) is 52.4 Å². The largest absolute Gasteiger partial charge is 0.289 e. The first-order chi connectivity index (χ1) is 9.67. The highest BCUT2D eigenvalue weighted by atomic mass is 32.2. The summed E-state index contributed by atoms with van der Waals surface area (Å²) in [6, 6.07) is 0. The molecule has 2 bridgehead atoms. The molecule has 21 heavy (non-hydrogen) atoms. The average molecular weight is 315 g/mol. The highest BCUT2D eigenvalue weighted by molar-refractivity contribution is 7.86. The fourth-order valence-electron chi connectivity index (χ4n) is 4.39. The summed E-state index contributed by atoms with van der Waals surface area (Å²) < 4.78 is 29.5. The third kappa shape index (κ3) is 2.21. The Morgan fingerprint density at radius 2 is 1.67 bits per heavy atom. The Hall–Kier alpha value is -0.950. The van der Waals surface area contributed by atoms with E-state index in [-0.39, 0.29) is 29.4 Å². The summed E-state index contributed by atoms with van der Waals surface area (Å²) in [6.45, 7) is 4.15. The number of carbonyl (C=O) groups is 2. The number of nitrogens with zero attached hydrogens (tertiary/aromatic N) is 1. The molecule has 1 heterocycles. The van der Waals surface area contributed by atoms with Gasteiger partial charge in [0.05, 0.1) is 5.75 Å². The third-order valence-corrected chi connectivity index (χ3v) is 7.37. The molecule has 0 aromatic heterocycles. The first-order valence-electron chi connectivity index (χ1n) is 7.45. The van der Waals surface area contributed by atoms with E-state index >= 15 is 0 Å². The van der Waals surface area contributed by atoms with Gasteiger partial charge >= 0.3 is 0 Å². The predicted molar refractivity (Wildman–Crippen MR) is 74.1 cm³/mol. The molecule has 0 N–H and O–H groups in total. The lowest BCUT2D eigenvalue weighted by Crippen LogP contribution is -2.41. The molecule has 2 aliphatic carbocycles. The standard InChI is InChI=1S/C14H21NO5S/c1-13-7-5-10(6-8-13)14(13,2)9-21(18,19)20-15-11(16)3-4-12(15)17/h10H,3-9H2,1-2H3. The zero-order chi connectivity index (χ0) is 15.5. The van der Waals surface area contributed by atoms with Gasteiger partial charge in [0.2, 0.25) is 0 Å². The highest BCUT2D eigenvalue weighted by Gasteiger charge is 2.60. The maximum absolute atomic E-state index is 12.3. The first kappa shape index (κ1) is 15.0. The molecule has 3 aliphatic rings. The van der Waals surface area contributed by atoms with Crippen molar-refractivity contribution < 1.29 is 22.3 Å². The number of imide groups is 1. The summed E-state index contributed by atoms with van der Waals surface area (Å²) in [7, 11) is -3.95. The summed E-state index contributed by atoms with van der Waals surface area (Å²) in [4.78, 5) is 23.0. The average Bonchev–Trinajstić information content (AvgIpc) is 2.90. The van der Waals surface area contributed by atoms with Crippen LogP contribution in [0, 0.1) is 16.7 Å². The van der Waals surface area contributed by atoms with Crippen LogP contribution in [-0.4, -0.2) is 31.0 Å². The van der Waals surface area contributed by atoms with Crippen LogP contribution in [0.3, 0.4) is 0 Å². The molecule has 1 atom stereocenters. The molecule has 0 aromatic carbocycles. The summed E-state index contributed by atoms with van der Waals surface area (Å²) >= 11 is 0. The zero-order valence-corrected chi connectivity index (χ0v) is 13.2. The van der Waals surface area contributed by atoms with Gasteiger partial charge in [0.25, 0.3) is 21.9 Å². The zero-order valence-electron chi connectivity index (χ0n) is 12.4. The van der Waals surface area contributed by atoms with E-state index in [9.17, 15) is 18.0 Å². The Labute approximate surface area is 124 Å². The second-order valence-electron chi connectivity index (χ2n) is 7.11. The number of amides is 2. The van der Waals surface area contributed by atoms with Gasteiger partial charge in [0.15, 0.2) is 0 Å². The Morgan fingerprint density at radius 1 is 1.14 bits per heavy atom. The maximum Gasteiger partial charge on any atom is 0.289 e. The van der Waals surface area contributed by atoms with Gasteiger partial charge < -0.3 is 0 Å². The lowest BCUT2D eigenvalue weighted by molar-refractivity contribution is -0.163. The van der Waals surface area contributed by atoms with E-state index in [1.165, 1.54) is 0 Å². The Bertz CT molecular complexity index is 574. The van der Waals surface area contributed by atoms with Crippen LogP contribution in [0.15, 0.2) is 0 Å². The van der Waals surface area contributed by atoms with E-state index in [2.05, 4.69) is 6.92 Å². The Kier molecular flexibility index (Phi) is 3.22. The highest BCUT2D eigenvalue weighted by Crippen LogP contribution is 2.66. The number of carbonyl (C=O) groups excluding carboxylic acids is 2. The molecule has 3 rings (SSSR count). The molecular formula is C14H21NO5S. The van der Waals surface area contributed by atoms with E-state index < -0.39 is 21.9 Å². The molecule has 1 saturated heterocycles. The minimum atomic E-state index is -3.95.